The summed E-state index contributed by atoms with van der Waals surface area (Å²) in [6, 6.07) is 19.6. The Kier molecular flexibility index (Phi) is 7.69. The first-order chi connectivity index (χ1) is 15.4. The summed E-state index contributed by atoms with van der Waals surface area (Å²) in [7, 11) is -2.31. The Morgan fingerprint density at radius 2 is 1.75 bits per heavy atom. The van der Waals surface area contributed by atoms with Crippen LogP contribution in [0, 0.1) is 0 Å². The predicted octanol–water partition coefficient (Wildman–Crippen LogP) is 3.68. The van der Waals surface area contributed by atoms with Gasteiger partial charge in [0.2, 0.25) is 0 Å². The van der Waals surface area contributed by atoms with Gasteiger partial charge in [-0.25, -0.2) is 4.83 Å². The van der Waals surface area contributed by atoms with Crippen molar-refractivity contribution in [1.29, 1.82) is 0 Å². The molecule has 0 saturated heterocycles. The van der Waals surface area contributed by atoms with Gasteiger partial charge in [0, 0.05) is 0 Å². The third kappa shape index (κ3) is 6.22. The van der Waals surface area contributed by atoms with Crippen LogP contribution in [0.2, 0.25) is 5.02 Å². The fourth-order valence-corrected chi connectivity index (χ4v) is 3.59. The molecule has 10 heteroatoms. The normalized spacial score (nSPS) is 11.2. The zero-order valence-electron chi connectivity index (χ0n) is 17.0. The van der Waals surface area contributed by atoms with Crippen LogP contribution >= 0.6 is 11.6 Å². The average molecular weight is 474 g/mol. The maximum absolute atomic E-state index is 12.2. The van der Waals surface area contributed by atoms with Crippen LogP contribution in [-0.2, 0) is 14.8 Å². The van der Waals surface area contributed by atoms with Gasteiger partial charge in [-0.1, -0.05) is 41.9 Å². The molecule has 0 radical (unpaired) electrons. The monoisotopic (exact) mass is 473 g/mol. The molecule has 0 bridgehead atoms. The van der Waals surface area contributed by atoms with E-state index in [0.717, 1.165) is 0 Å². The molecule has 0 heterocycles. The number of benzene rings is 3. The van der Waals surface area contributed by atoms with Crippen molar-refractivity contribution in [3.05, 3.63) is 83.4 Å². The van der Waals surface area contributed by atoms with Crippen molar-refractivity contribution in [1.82, 2.24) is 4.83 Å². The van der Waals surface area contributed by atoms with Crippen molar-refractivity contribution in [2.24, 2.45) is 5.10 Å². The number of anilines is 1. The quantitative estimate of drug-likeness (QED) is 0.364. The number of hydrogen-bond donors (Lipinski definition) is 2. The van der Waals surface area contributed by atoms with Crippen molar-refractivity contribution in [3.63, 3.8) is 0 Å². The van der Waals surface area contributed by atoms with Crippen LogP contribution in [0.25, 0.3) is 0 Å². The van der Waals surface area contributed by atoms with Gasteiger partial charge < -0.3 is 14.8 Å². The van der Waals surface area contributed by atoms with E-state index in [4.69, 9.17) is 21.1 Å². The highest BCUT2D eigenvalue weighted by Crippen LogP contribution is 2.28. The number of carbonyl (C=O) groups is 1. The number of ether oxygens (including phenoxy) is 2. The van der Waals surface area contributed by atoms with Crippen molar-refractivity contribution >= 4 is 39.4 Å². The summed E-state index contributed by atoms with van der Waals surface area (Å²) in [6.45, 7) is -0.258. The molecule has 3 rings (SSSR count). The van der Waals surface area contributed by atoms with Gasteiger partial charge in [-0.2, -0.15) is 13.5 Å². The van der Waals surface area contributed by atoms with Crippen LogP contribution in [0.4, 0.5) is 5.69 Å². The molecule has 2 N–H and O–H groups in total. The summed E-state index contributed by atoms with van der Waals surface area (Å²) in [5, 5.41) is 6.87. The largest absolute Gasteiger partial charge is 0.493 e. The molecule has 0 saturated carbocycles. The first-order valence-corrected chi connectivity index (χ1v) is 11.2. The molecule has 0 fully saturated rings. The molecule has 0 unspecified atom stereocenters. The Balaban J connectivity index is 1.61. The van der Waals surface area contributed by atoms with Gasteiger partial charge in [-0.15, -0.1) is 0 Å². The lowest BCUT2D eigenvalue weighted by Gasteiger charge is -2.12. The zero-order chi connectivity index (χ0) is 23.0. The van der Waals surface area contributed by atoms with Crippen molar-refractivity contribution in [2.75, 3.05) is 19.0 Å². The van der Waals surface area contributed by atoms with E-state index in [1.165, 1.54) is 25.5 Å². The number of nitrogens with zero attached hydrogens (tertiary/aromatic N) is 1. The Morgan fingerprint density at radius 1 is 1.03 bits per heavy atom. The van der Waals surface area contributed by atoms with Crippen LogP contribution < -0.4 is 19.6 Å². The second-order valence-electron chi connectivity index (χ2n) is 6.39. The van der Waals surface area contributed by atoms with E-state index in [0.29, 0.717) is 27.8 Å². The number of carbonyl (C=O) groups excluding carboxylic acids is 1. The molecule has 3 aromatic carbocycles. The van der Waals surface area contributed by atoms with Crippen LogP contribution in [0.15, 0.2) is 82.8 Å². The third-order valence-corrected chi connectivity index (χ3v) is 5.70. The van der Waals surface area contributed by atoms with Gasteiger partial charge in [0.1, 0.15) is 0 Å². The number of halogens is 1. The summed E-state index contributed by atoms with van der Waals surface area (Å²) in [5.74, 6) is 0.301. The lowest BCUT2D eigenvalue weighted by molar-refractivity contribution is -0.118. The highest BCUT2D eigenvalue weighted by molar-refractivity contribution is 7.89. The van der Waals surface area contributed by atoms with Crippen molar-refractivity contribution in [3.8, 4) is 11.5 Å². The molecule has 0 aliphatic rings. The van der Waals surface area contributed by atoms with E-state index >= 15 is 0 Å². The van der Waals surface area contributed by atoms with E-state index in [-0.39, 0.29) is 17.4 Å². The minimum Gasteiger partial charge on any atom is -0.493 e. The Hall–Kier alpha value is -3.56. The standard InChI is InChI=1S/C22H20ClN3O5S/c1-30-21-13-16(14-24-26-32(28,29)17-7-3-2-4-8-17)11-12-20(21)31-15-22(27)25-19-10-6-5-9-18(19)23/h2-14,26H,15H2,1H3,(H,25,27). The highest BCUT2D eigenvalue weighted by Gasteiger charge is 2.12. The minimum absolute atomic E-state index is 0.105. The zero-order valence-corrected chi connectivity index (χ0v) is 18.6. The number of para-hydroxylation sites is 1. The maximum Gasteiger partial charge on any atom is 0.276 e. The fraction of sp³-hybridized carbons (Fsp3) is 0.0909. The number of nitrogens with one attached hydrogen (secondary N) is 2. The molecule has 0 aromatic heterocycles. The molecule has 3 aromatic rings. The van der Waals surface area contributed by atoms with Crippen LogP contribution in [-0.4, -0.2) is 34.3 Å². The first kappa shape index (κ1) is 23.1. The van der Waals surface area contributed by atoms with E-state index in [2.05, 4.69) is 15.2 Å². The summed E-state index contributed by atoms with van der Waals surface area (Å²) in [5.41, 5.74) is 1.05. The lowest BCUT2D eigenvalue weighted by atomic mass is 10.2. The summed E-state index contributed by atoms with van der Waals surface area (Å²) in [4.78, 5) is 14.4. The smallest absolute Gasteiger partial charge is 0.276 e. The molecule has 8 nitrogen and oxygen atoms in total. The molecule has 0 atom stereocenters. The third-order valence-electron chi connectivity index (χ3n) is 4.13. The molecule has 0 aliphatic carbocycles. The van der Waals surface area contributed by atoms with Gasteiger partial charge >= 0.3 is 0 Å². The molecule has 0 spiro atoms. The Labute approximate surface area is 190 Å². The number of hydrazone groups is 1. The highest BCUT2D eigenvalue weighted by atomic mass is 35.5. The number of sulfonamides is 1. The van der Waals surface area contributed by atoms with Crippen molar-refractivity contribution < 1.29 is 22.7 Å². The maximum atomic E-state index is 12.2. The summed E-state index contributed by atoms with van der Waals surface area (Å²) < 4.78 is 35.2. The molecule has 1 amide bonds. The lowest BCUT2D eigenvalue weighted by Crippen LogP contribution is -2.20. The fourth-order valence-electron chi connectivity index (χ4n) is 2.60. The van der Waals surface area contributed by atoms with Gasteiger partial charge in [-0.05, 0) is 48.0 Å². The first-order valence-electron chi connectivity index (χ1n) is 9.34. The number of hydrogen-bond acceptors (Lipinski definition) is 6. The van der Waals surface area contributed by atoms with E-state index in [9.17, 15) is 13.2 Å². The average Bonchev–Trinajstić information content (AvgIpc) is 2.80. The van der Waals surface area contributed by atoms with Gasteiger partial charge in [0.05, 0.1) is 28.9 Å². The topological polar surface area (TPSA) is 106 Å². The molecular weight excluding hydrogens is 454 g/mol. The Bertz CT molecular complexity index is 1220. The minimum atomic E-state index is -3.76. The summed E-state index contributed by atoms with van der Waals surface area (Å²) in [6.07, 6.45) is 1.33. The summed E-state index contributed by atoms with van der Waals surface area (Å²) >= 11 is 6.02. The van der Waals surface area contributed by atoms with E-state index in [1.54, 1.807) is 60.7 Å². The van der Waals surface area contributed by atoms with Gasteiger partial charge in [0.25, 0.3) is 15.9 Å². The molecule has 166 valence electrons. The number of amides is 1. The van der Waals surface area contributed by atoms with E-state index < -0.39 is 10.0 Å². The predicted molar refractivity (Wildman–Crippen MR) is 123 cm³/mol. The van der Waals surface area contributed by atoms with Gasteiger partial charge in [0.15, 0.2) is 18.1 Å². The van der Waals surface area contributed by atoms with Crippen LogP contribution in [0.1, 0.15) is 5.56 Å². The van der Waals surface area contributed by atoms with Crippen LogP contribution in [0.3, 0.4) is 0 Å². The second kappa shape index (κ2) is 10.7. The second-order valence-corrected chi connectivity index (χ2v) is 8.46. The van der Waals surface area contributed by atoms with Gasteiger partial charge in [-0.3, -0.25) is 4.79 Å². The Morgan fingerprint density at radius 3 is 2.47 bits per heavy atom. The molecule has 0 aliphatic heterocycles. The van der Waals surface area contributed by atoms with E-state index in [1.807, 2.05) is 0 Å². The van der Waals surface area contributed by atoms with Crippen molar-refractivity contribution in [2.45, 2.75) is 4.90 Å². The number of rotatable bonds is 9. The SMILES string of the molecule is COc1cc(C=NNS(=O)(=O)c2ccccc2)ccc1OCC(=O)Nc1ccccc1Cl. The molecular formula is C22H20ClN3O5S. The van der Waals surface area contributed by atoms with Crippen LogP contribution in [0.5, 0.6) is 11.5 Å². The number of methoxy groups -OCH3 is 1. The molecule has 32 heavy (non-hydrogen) atoms.